The summed E-state index contributed by atoms with van der Waals surface area (Å²) in [6, 6.07) is 0. The average Bonchev–Trinajstić information content (AvgIpc) is 2.58. The molecule has 0 aromatic heterocycles. The average molecular weight is 357 g/mol. The van der Waals surface area contributed by atoms with E-state index in [1.807, 2.05) is 20.8 Å². The largest absolute Gasteiger partial charge is 0.460 e. The molecule has 3 heteroatoms. The molecule has 0 amide bonds. The molecular weight excluding hydrogens is 312 g/mol. The van der Waals surface area contributed by atoms with Gasteiger partial charge in [0.1, 0.15) is 6.10 Å². The van der Waals surface area contributed by atoms with Crippen LogP contribution in [0.5, 0.6) is 0 Å². The van der Waals surface area contributed by atoms with Crippen LogP contribution in [0.2, 0.25) is 0 Å². The molecule has 0 saturated carbocycles. The van der Waals surface area contributed by atoms with E-state index in [1.54, 1.807) is 6.92 Å². The Morgan fingerprint density at radius 3 is 1.68 bits per heavy atom. The molecule has 3 nitrogen and oxygen atoms in total. The third-order valence-corrected chi connectivity index (χ3v) is 5.11. The highest BCUT2D eigenvalue weighted by Crippen LogP contribution is 2.17. The van der Waals surface area contributed by atoms with Crippen LogP contribution >= 0.6 is 0 Å². The van der Waals surface area contributed by atoms with Gasteiger partial charge in [0.2, 0.25) is 0 Å². The molecule has 150 valence electrons. The van der Waals surface area contributed by atoms with Gasteiger partial charge < -0.3 is 9.84 Å². The van der Waals surface area contributed by atoms with E-state index in [0.29, 0.717) is 0 Å². The smallest absolute Gasteiger partial charge is 0.309 e. The lowest BCUT2D eigenvalue weighted by Gasteiger charge is -2.23. The van der Waals surface area contributed by atoms with Crippen LogP contribution in [0.4, 0.5) is 0 Å². The minimum absolute atomic E-state index is 0.0691. The Balaban J connectivity index is 3.57. The molecule has 0 aliphatic rings. The number of ether oxygens (including phenoxy) is 1. The van der Waals surface area contributed by atoms with Crippen molar-refractivity contribution < 1.29 is 14.6 Å². The van der Waals surface area contributed by atoms with E-state index in [4.69, 9.17) is 4.74 Å². The molecule has 0 saturated heterocycles. The second-order valence-corrected chi connectivity index (χ2v) is 8.10. The summed E-state index contributed by atoms with van der Waals surface area (Å²) in [7, 11) is 0. The van der Waals surface area contributed by atoms with Gasteiger partial charge in [0.25, 0.3) is 0 Å². The maximum absolute atomic E-state index is 12.1. The van der Waals surface area contributed by atoms with Crippen molar-refractivity contribution >= 4 is 5.97 Å². The molecule has 0 aromatic carbocycles. The van der Waals surface area contributed by atoms with E-state index in [1.165, 1.54) is 64.2 Å². The third kappa shape index (κ3) is 13.3. The monoisotopic (exact) mass is 356 g/mol. The fourth-order valence-electron chi connectivity index (χ4n) is 3.14. The highest BCUT2D eigenvalue weighted by atomic mass is 16.6. The number of aliphatic hydroxyl groups excluding tert-OH is 1. The van der Waals surface area contributed by atoms with Crippen LogP contribution in [0.1, 0.15) is 112 Å². The van der Waals surface area contributed by atoms with Crippen molar-refractivity contribution in [1.82, 2.24) is 0 Å². The maximum Gasteiger partial charge on any atom is 0.309 e. The van der Waals surface area contributed by atoms with Crippen LogP contribution in [0.15, 0.2) is 0 Å². The predicted octanol–water partition coefficient (Wildman–Crippen LogP) is 6.27. The number of carbonyl (C=O) groups excluding carboxylic acids is 1. The molecule has 0 heterocycles. The van der Waals surface area contributed by atoms with Gasteiger partial charge in [-0.2, -0.15) is 0 Å². The highest BCUT2D eigenvalue weighted by Gasteiger charge is 2.23. The fourth-order valence-corrected chi connectivity index (χ4v) is 3.14. The summed E-state index contributed by atoms with van der Waals surface area (Å²) in [6.45, 7) is 9.84. The van der Waals surface area contributed by atoms with E-state index in [0.717, 1.165) is 12.8 Å². The third-order valence-electron chi connectivity index (χ3n) is 5.11. The zero-order valence-electron chi connectivity index (χ0n) is 17.6. The summed E-state index contributed by atoms with van der Waals surface area (Å²) < 4.78 is 5.40. The Bertz CT molecular complexity index is 314. The van der Waals surface area contributed by atoms with Gasteiger partial charge in [0.05, 0.1) is 12.0 Å². The Labute approximate surface area is 156 Å². The van der Waals surface area contributed by atoms with Gasteiger partial charge in [0, 0.05) is 0 Å². The summed E-state index contributed by atoms with van der Waals surface area (Å²) in [6.07, 6.45) is 14.4. The van der Waals surface area contributed by atoms with Crippen molar-refractivity contribution in [1.29, 1.82) is 0 Å². The molecule has 1 N–H and O–H groups in total. The fraction of sp³-hybridized carbons (Fsp3) is 0.955. The highest BCUT2D eigenvalue weighted by molar-refractivity contribution is 5.72. The number of unbranched alkanes of at least 4 members (excludes halogenated alkanes) is 10. The number of hydrogen-bond donors (Lipinski definition) is 1. The first-order valence-electron chi connectivity index (χ1n) is 10.8. The lowest BCUT2D eigenvalue weighted by atomic mass is 10.0. The lowest BCUT2D eigenvalue weighted by Crippen LogP contribution is -2.34. The number of rotatable bonds is 16. The second-order valence-electron chi connectivity index (χ2n) is 8.10. The second kappa shape index (κ2) is 15.7. The zero-order chi connectivity index (χ0) is 19.1. The first kappa shape index (κ1) is 24.4. The van der Waals surface area contributed by atoms with Gasteiger partial charge in [-0.25, -0.2) is 0 Å². The first-order valence-corrected chi connectivity index (χ1v) is 10.8. The molecule has 0 bridgehead atoms. The van der Waals surface area contributed by atoms with Crippen molar-refractivity contribution in [3.63, 3.8) is 0 Å². The molecule has 0 aromatic rings. The summed E-state index contributed by atoms with van der Waals surface area (Å²) >= 11 is 0. The van der Waals surface area contributed by atoms with Gasteiger partial charge >= 0.3 is 5.97 Å². The summed E-state index contributed by atoms with van der Waals surface area (Å²) in [5.41, 5.74) is 0. The Morgan fingerprint density at radius 2 is 1.24 bits per heavy atom. The molecule has 3 unspecified atom stereocenters. The van der Waals surface area contributed by atoms with Crippen LogP contribution in [-0.2, 0) is 9.53 Å². The Kier molecular flexibility index (Phi) is 15.3. The van der Waals surface area contributed by atoms with Gasteiger partial charge in [0.15, 0.2) is 0 Å². The molecule has 25 heavy (non-hydrogen) atoms. The molecule has 0 rings (SSSR count). The quantitative estimate of drug-likeness (QED) is 0.262. The summed E-state index contributed by atoms with van der Waals surface area (Å²) in [5.74, 6) is -0.135. The lowest BCUT2D eigenvalue weighted by molar-refractivity contribution is -0.159. The minimum Gasteiger partial charge on any atom is -0.460 e. The van der Waals surface area contributed by atoms with Gasteiger partial charge in [-0.15, -0.1) is 0 Å². The minimum atomic E-state index is -0.585. The molecule has 0 radical (unpaired) electrons. The number of esters is 1. The molecule has 0 spiro atoms. The molecular formula is C22H44O3. The summed E-state index contributed by atoms with van der Waals surface area (Å²) in [5, 5.41) is 9.93. The van der Waals surface area contributed by atoms with Crippen molar-refractivity contribution in [2.24, 2.45) is 11.8 Å². The van der Waals surface area contributed by atoms with Crippen LogP contribution in [-0.4, -0.2) is 23.3 Å². The Hall–Kier alpha value is -0.570. The number of hydrogen-bond acceptors (Lipinski definition) is 3. The van der Waals surface area contributed by atoms with E-state index >= 15 is 0 Å². The van der Waals surface area contributed by atoms with Crippen LogP contribution in [0, 0.1) is 11.8 Å². The van der Waals surface area contributed by atoms with Crippen LogP contribution < -0.4 is 0 Å². The Morgan fingerprint density at radius 1 is 0.800 bits per heavy atom. The summed E-state index contributed by atoms with van der Waals surface area (Å²) in [4.78, 5) is 12.1. The van der Waals surface area contributed by atoms with Crippen molar-refractivity contribution in [2.45, 2.75) is 124 Å². The molecule has 0 aliphatic heterocycles. The van der Waals surface area contributed by atoms with Gasteiger partial charge in [-0.05, 0) is 19.3 Å². The molecule has 0 aliphatic carbocycles. The van der Waals surface area contributed by atoms with E-state index < -0.39 is 12.2 Å². The van der Waals surface area contributed by atoms with E-state index in [2.05, 4.69) is 6.92 Å². The zero-order valence-corrected chi connectivity index (χ0v) is 17.6. The topological polar surface area (TPSA) is 46.5 Å². The van der Waals surface area contributed by atoms with Gasteiger partial charge in [-0.3, -0.25) is 4.79 Å². The normalized spacial score (nSPS) is 15.2. The van der Waals surface area contributed by atoms with Crippen LogP contribution in [0.3, 0.4) is 0 Å². The van der Waals surface area contributed by atoms with Crippen LogP contribution in [0.25, 0.3) is 0 Å². The standard InChI is InChI=1S/C22H44O3/c1-6-7-8-9-10-11-12-13-14-15-16-17-19(4)22(24)25-20(5)21(23)18(2)3/h18-21,23H,6-17H2,1-5H3. The number of aliphatic hydroxyl groups is 1. The van der Waals surface area contributed by atoms with Gasteiger partial charge in [-0.1, -0.05) is 98.3 Å². The van der Waals surface area contributed by atoms with E-state index in [-0.39, 0.29) is 17.8 Å². The number of carbonyl (C=O) groups is 1. The maximum atomic E-state index is 12.1. The van der Waals surface area contributed by atoms with Crippen molar-refractivity contribution in [3.8, 4) is 0 Å². The molecule has 3 atom stereocenters. The first-order chi connectivity index (χ1) is 11.9. The van der Waals surface area contributed by atoms with Crippen molar-refractivity contribution in [3.05, 3.63) is 0 Å². The predicted molar refractivity (Wildman–Crippen MR) is 107 cm³/mol. The SMILES string of the molecule is CCCCCCCCCCCCCC(C)C(=O)OC(C)C(O)C(C)C. The molecule has 0 fully saturated rings. The van der Waals surface area contributed by atoms with Crippen molar-refractivity contribution in [2.75, 3.05) is 0 Å². The van der Waals surface area contributed by atoms with E-state index in [9.17, 15) is 9.90 Å².